The van der Waals surface area contributed by atoms with Crippen LogP contribution in [0.25, 0.3) is 0 Å². The molecule has 4 N–H and O–H groups in total. The molecule has 0 radical (unpaired) electrons. The smallest absolute Gasteiger partial charge is 0.0417 e. The van der Waals surface area contributed by atoms with Gasteiger partial charge in [0.1, 0.15) is 0 Å². The Labute approximate surface area is 56.3 Å². The van der Waals surface area contributed by atoms with Crippen LogP contribution in [0.15, 0.2) is 11.9 Å². The van der Waals surface area contributed by atoms with Crippen molar-refractivity contribution in [1.82, 2.24) is 5.01 Å². The van der Waals surface area contributed by atoms with Gasteiger partial charge in [-0.25, -0.2) is 5.84 Å². The van der Waals surface area contributed by atoms with E-state index in [4.69, 9.17) is 11.6 Å². The summed E-state index contributed by atoms with van der Waals surface area (Å²) >= 11 is 0. The second-order valence-corrected chi connectivity index (χ2v) is 2.31. The SMILES string of the molecule is C/C(=C/N)N(N)C(C)C. The van der Waals surface area contributed by atoms with E-state index in [1.165, 1.54) is 6.20 Å². The third-order valence-electron chi connectivity index (χ3n) is 1.20. The van der Waals surface area contributed by atoms with Crippen molar-refractivity contribution in [3.63, 3.8) is 0 Å². The van der Waals surface area contributed by atoms with E-state index in [0.29, 0.717) is 6.04 Å². The van der Waals surface area contributed by atoms with Crippen molar-refractivity contribution in [2.75, 3.05) is 0 Å². The van der Waals surface area contributed by atoms with Gasteiger partial charge in [0.05, 0.1) is 0 Å². The lowest BCUT2D eigenvalue weighted by Gasteiger charge is -2.22. The molecule has 0 bridgehead atoms. The number of rotatable bonds is 2. The van der Waals surface area contributed by atoms with Crippen LogP contribution in [-0.2, 0) is 0 Å². The molecular weight excluding hydrogens is 114 g/mol. The molecule has 0 aliphatic rings. The van der Waals surface area contributed by atoms with Crippen molar-refractivity contribution in [3.8, 4) is 0 Å². The number of hydrazine groups is 1. The number of allylic oxidation sites excluding steroid dienone is 1. The van der Waals surface area contributed by atoms with Gasteiger partial charge < -0.3 is 10.7 Å². The fourth-order valence-corrected chi connectivity index (χ4v) is 0.493. The number of hydrogen-bond donors (Lipinski definition) is 2. The van der Waals surface area contributed by atoms with E-state index < -0.39 is 0 Å². The lowest BCUT2D eigenvalue weighted by atomic mass is 10.3. The number of hydrogen-bond acceptors (Lipinski definition) is 3. The van der Waals surface area contributed by atoms with Crippen LogP contribution in [0.1, 0.15) is 20.8 Å². The first-order valence-corrected chi connectivity index (χ1v) is 3.02. The average molecular weight is 129 g/mol. The Balaban J connectivity index is 3.88. The standard InChI is InChI=1S/C6H15N3/c1-5(2)9(8)6(3)4-7/h4-5H,7-8H2,1-3H3/b6-4-. The van der Waals surface area contributed by atoms with Gasteiger partial charge in [-0.3, -0.25) is 0 Å². The van der Waals surface area contributed by atoms with Gasteiger partial charge in [0.25, 0.3) is 0 Å². The minimum atomic E-state index is 0.310. The fourth-order valence-electron chi connectivity index (χ4n) is 0.493. The second kappa shape index (κ2) is 3.35. The van der Waals surface area contributed by atoms with Crippen molar-refractivity contribution < 1.29 is 0 Å². The molecule has 3 nitrogen and oxygen atoms in total. The van der Waals surface area contributed by atoms with Crippen LogP contribution in [-0.4, -0.2) is 11.1 Å². The van der Waals surface area contributed by atoms with Gasteiger partial charge >= 0.3 is 0 Å². The van der Waals surface area contributed by atoms with E-state index in [0.717, 1.165) is 5.70 Å². The van der Waals surface area contributed by atoms with E-state index in [9.17, 15) is 0 Å². The molecule has 0 amide bonds. The van der Waals surface area contributed by atoms with Gasteiger partial charge in [-0.15, -0.1) is 0 Å². The summed E-state index contributed by atoms with van der Waals surface area (Å²) in [4.78, 5) is 0. The maximum Gasteiger partial charge on any atom is 0.0417 e. The van der Waals surface area contributed by atoms with Crippen molar-refractivity contribution >= 4 is 0 Å². The quantitative estimate of drug-likeness (QED) is 0.419. The topological polar surface area (TPSA) is 55.3 Å². The highest BCUT2D eigenvalue weighted by molar-refractivity contribution is 4.92. The van der Waals surface area contributed by atoms with Gasteiger partial charge in [-0.2, -0.15) is 0 Å². The van der Waals surface area contributed by atoms with Gasteiger partial charge in [0.2, 0.25) is 0 Å². The average Bonchev–Trinajstić information content (AvgIpc) is 1.84. The summed E-state index contributed by atoms with van der Waals surface area (Å²) < 4.78 is 0. The summed E-state index contributed by atoms with van der Waals surface area (Å²) in [5, 5.41) is 1.62. The predicted molar refractivity (Wildman–Crippen MR) is 39.1 cm³/mol. The molecular formula is C6H15N3. The highest BCUT2D eigenvalue weighted by Crippen LogP contribution is 1.99. The Morgan fingerprint density at radius 3 is 2.11 bits per heavy atom. The lowest BCUT2D eigenvalue weighted by molar-refractivity contribution is 0.293. The van der Waals surface area contributed by atoms with Crippen LogP contribution in [0.4, 0.5) is 0 Å². The summed E-state index contributed by atoms with van der Waals surface area (Å²) in [5.41, 5.74) is 6.12. The summed E-state index contributed by atoms with van der Waals surface area (Å²) in [7, 11) is 0. The van der Waals surface area contributed by atoms with Gasteiger partial charge in [-0.1, -0.05) is 0 Å². The molecule has 0 aromatic heterocycles. The van der Waals surface area contributed by atoms with Crippen LogP contribution in [0, 0.1) is 0 Å². The highest BCUT2D eigenvalue weighted by Gasteiger charge is 2.01. The summed E-state index contributed by atoms with van der Waals surface area (Å²) in [6.45, 7) is 5.89. The molecule has 0 aromatic rings. The first-order valence-electron chi connectivity index (χ1n) is 3.02. The van der Waals surface area contributed by atoms with E-state index in [2.05, 4.69) is 0 Å². The van der Waals surface area contributed by atoms with Crippen LogP contribution in [0.5, 0.6) is 0 Å². The van der Waals surface area contributed by atoms with Crippen LogP contribution in [0.2, 0.25) is 0 Å². The largest absolute Gasteiger partial charge is 0.403 e. The molecule has 0 aliphatic heterocycles. The third-order valence-corrected chi connectivity index (χ3v) is 1.20. The summed E-state index contributed by atoms with van der Waals surface area (Å²) in [6.07, 6.45) is 1.50. The molecule has 0 unspecified atom stereocenters. The van der Waals surface area contributed by atoms with Gasteiger partial charge in [0, 0.05) is 17.9 Å². The monoisotopic (exact) mass is 129 g/mol. The van der Waals surface area contributed by atoms with Crippen molar-refractivity contribution in [2.24, 2.45) is 11.6 Å². The maximum absolute atomic E-state index is 5.56. The zero-order chi connectivity index (χ0) is 7.44. The fraction of sp³-hybridized carbons (Fsp3) is 0.667. The molecule has 0 spiro atoms. The molecule has 9 heavy (non-hydrogen) atoms. The molecule has 0 fully saturated rings. The van der Waals surface area contributed by atoms with E-state index >= 15 is 0 Å². The van der Waals surface area contributed by atoms with E-state index in [1.54, 1.807) is 5.01 Å². The number of nitrogens with two attached hydrogens (primary N) is 2. The summed E-state index contributed by atoms with van der Waals surface area (Å²) in [5.74, 6) is 5.56. The summed E-state index contributed by atoms with van der Waals surface area (Å²) in [6, 6.07) is 0.310. The van der Waals surface area contributed by atoms with Gasteiger partial charge in [-0.05, 0) is 20.8 Å². The number of nitrogens with zero attached hydrogens (tertiary/aromatic N) is 1. The minimum Gasteiger partial charge on any atom is -0.403 e. The molecule has 0 saturated carbocycles. The molecule has 0 atom stereocenters. The zero-order valence-corrected chi connectivity index (χ0v) is 6.26. The predicted octanol–water partition coefficient (Wildman–Crippen LogP) is 0.391. The van der Waals surface area contributed by atoms with Crippen LogP contribution < -0.4 is 11.6 Å². The lowest BCUT2D eigenvalue weighted by Crippen LogP contribution is -2.35. The molecule has 3 heteroatoms. The van der Waals surface area contributed by atoms with Gasteiger partial charge in [0.15, 0.2) is 0 Å². The Morgan fingerprint density at radius 2 is 2.00 bits per heavy atom. The second-order valence-electron chi connectivity index (χ2n) is 2.31. The highest BCUT2D eigenvalue weighted by atomic mass is 15.4. The molecule has 0 rings (SSSR count). The normalized spacial score (nSPS) is 12.3. The Bertz CT molecular complexity index is 107. The van der Waals surface area contributed by atoms with Crippen molar-refractivity contribution in [2.45, 2.75) is 26.8 Å². The molecule has 0 heterocycles. The van der Waals surface area contributed by atoms with E-state index in [1.807, 2.05) is 20.8 Å². The van der Waals surface area contributed by atoms with Crippen LogP contribution >= 0.6 is 0 Å². The Morgan fingerprint density at radius 1 is 1.56 bits per heavy atom. The van der Waals surface area contributed by atoms with Crippen molar-refractivity contribution in [1.29, 1.82) is 0 Å². The molecule has 0 aliphatic carbocycles. The maximum atomic E-state index is 5.56. The first-order chi connectivity index (χ1) is 4.09. The molecule has 0 aromatic carbocycles. The third kappa shape index (κ3) is 2.37. The minimum absolute atomic E-state index is 0.310. The first kappa shape index (κ1) is 8.30. The zero-order valence-electron chi connectivity index (χ0n) is 6.26. The molecule has 0 saturated heterocycles. The van der Waals surface area contributed by atoms with E-state index in [-0.39, 0.29) is 0 Å². The Kier molecular flexibility index (Phi) is 3.09. The Hall–Kier alpha value is -0.700. The van der Waals surface area contributed by atoms with Crippen LogP contribution in [0.3, 0.4) is 0 Å². The van der Waals surface area contributed by atoms with Crippen molar-refractivity contribution in [3.05, 3.63) is 11.9 Å². The molecule has 54 valence electrons.